The topological polar surface area (TPSA) is 78.0 Å². The predicted molar refractivity (Wildman–Crippen MR) is 117 cm³/mol. The first-order valence-electron chi connectivity index (χ1n) is 9.50. The van der Waals surface area contributed by atoms with Crippen molar-refractivity contribution in [1.29, 1.82) is 0 Å². The standard InChI is InChI=1S/C20H19ClN6O2S/c1-24-17-16(19(28)25(2)20(24)29)27-8-7-26(10-15(27)23-17)9-14-11-30-18(22-14)12-3-5-13(21)6-4-12/h3-6,11H,7-10H2,1-2H3. The van der Waals surface area contributed by atoms with Gasteiger partial charge in [-0.25, -0.2) is 14.8 Å². The first kappa shape index (κ1) is 19.2. The van der Waals surface area contributed by atoms with Gasteiger partial charge < -0.3 is 4.57 Å². The van der Waals surface area contributed by atoms with Crippen LogP contribution in [0, 0.1) is 0 Å². The first-order valence-corrected chi connectivity index (χ1v) is 10.8. The number of nitrogens with zero attached hydrogens (tertiary/aromatic N) is 6. The minimum atomic E-state index is -0.364. The number of rotatable bonds is 3. The van der Waals surface area contributed by atoms with E-state index in [0.717, 1.165) is 33.2 Å². The number of thiazole rings is 1. The third-order valence-electron chi connectivity index (χ3n) is 5.46. The van der Waals surface area contributed by atoms with Gasteiger partial charge in [0, 0.05) is 49.7 Å². The lowest BCUT2D eigenvalue weighted by Crippen LogP contribution is -2.38. The molecule has 10 heteroatoms. The summed E-state index contributed by atoms with van der Waals surface area (Å²) in [7, 11) is 3.15. The van der Waals surface area contributed by atoms with Gasteiger partial charge in [-0.15, -0.1) is 11.3 Å². The third kappa shape index (κ3) is 3.10. The normalized spacial score (nSPS) is 14.4. The molecule has 1 aliphatic rings. The van der Waals surface area contributed by atoms with Crippen LogP contribution in [0.1, 0.15) is 11.5 Å². The summed E-state index contributed by atoms with van der Waals surface area (Å²) in [6.07, 6.45) is 0. The molecule has 4 aromatic rings. The lowest BCUT2D eigenvalue weighted by molar-refractivity contribution is 0.209. The van der Waals surface area contributed by atoms with Crippen LogP contribution in [-0.2, 0) is 33.7 Å². The molecule has 0 amide bonds. The van der Waals surface area contributed by atoms with E-state index in [1.807, 2.05) is 28.8 Å². The van der Waals surface area contributed by atoms with Gasteiger partial charge in [-0.2, -0.15) is 0 Å². The molecule has 0 N–H and O–H groups in total. The van der Waals surface area contributed by atoms with Crippen LogP contribution in [0.5, 0.6) is 0 Å². The first-order chi connectivity index (χ1) is 14.4. The molecule has 3 aromatic heterocycles. The van der Waals surface area contributed by atoms with Crippen LogP contribution in [-0.4, -0.2) is 35.1 Å². The van der Waals surface area contributed by atoms with E-state index in [1.54, 1.807) is 18.4 Å². The molecule has 4 heterocycles. The Morgan fingerprint density at radius 1 is 1.07 bits per heavy atom. The minimum absolute atomic E-state index is 0.299. The fraction of sp³-hybridized carbons (Fsp3) is 0.300. The molecule has 1 aliphatic heterocycles. The average Bonchev–Trinajstić information content (AvgIpc) is 3.36. The molecule has 0 fully saturated rings. The Balaban J connectivity index is 1.41. The fourth-order valence-corrected chi connectivity index (χ4v) is 4.79. The predicted octanol–water partition coefficient (Wildman–Crippen LogP) is 2.23. The Hall–Kier alpha value is -2.75. The summed E-state index contributed by atoms with van der Waals surface area (Å²) in [5, 5.41) is 3.74. The molecule has 0 saturated carbocycles. The summed E-state index contributed by atoms with van der Waals surface area (Å²) in [6, 6.07) is 7.67. The summed E-state index contributed by atoms with van der Waals surface area (Å²) < 4.78 is 4.51. The van der Waals surface area contributed by atoms with Gasteiger partial charge in [-0.05, 0) is 12.1 Å². The Kier molecular flexibility index (Phi) is 4.61. The summed E-state index contributed by atoms with van der Waals surface area (Å²) in [5.41, 5.74) is 2.32. The maximum Gasteiger partial charge on any atom is 0.332 e. The SMILES string of the molecule is Cn1c(=O)c2c(nc3n2CCN(Cc2csc(-c4ccc(Cl)cc4)n2)C3)n(C)c1=O. The van der Waals surface area contributed by atoms with Crippen LogP contribution >= 0.6 is 22.9 Å². The zero-order chi connectivity index (χ0) is 21.0. The zero-order valence-corrected chi connectivity index (χ0v) is 18.1. The van der Waals surface area contributed by atoms with E-state index in [1.165, 1.54) is 11.6 Å². The second-order valence-electron chi connectivity index (χ2n) is 7.42. The molecule has 30 heavy (non-hydrogen) atoms. The molecule has 0 bridgehead atoms. The number of benzene rings is 1. The molecule has 5 rings (SSSR count). The second kappa shape index (κ2) is 7.19. The number of hydrogen-bond donors (Lipinski definition) is 0. The maximum absolute atomic E-state index is 12.6. The largest absolute Gasteiger partial charge is 0.332 e. The van der Waals surface area contributed by atoms with Crippen molar-refractivity contribution in [1.82, 2.24) is 28.6 Å². The Bertz CT molecular complexity index is 1380. The molecule has 0 radical (unpaired) electrons. The highest BCUT2D eigenvalue weighted by Gasteiger charge is 2.24. The summed E-state index contributed by atoms with van der Waals surface area (Å²) in [6.45, 7) is 2.72. The van der Waals surface area contributed by atoms with Crippen LogP contribution < -0.4 is 11.2 Å². The van der Waals surface area contributed by atoms with Crippen LogP contribution in [0.3, 0.4) is 0 Å². The number of fused-ring (bicyclic) bond motifs is 3. The molecule has 1 aromatic carbocycles. The molecule has 8 nitrogen and oxygen atoms in total. The number of aryl methyl sites for hydroxylation is 1. The van der Waals surface area contributed by atoms with Crippen LogP contribution in [0.15, 0.2) is 39.2 Å². The molecule has 0 spiro atoms. The van der Waals surface area contributed by atoms with E-state index in [4.69, 9.17) is 16.6 Å². The van der Waals surface area contributed by atoms with Crippen molar-refractivity contribution in [2.24, 2.45) is 14.1 Å². The van der Waals surface area contributed by atoms with Crippen LogP contribution in [0.4, 0.5) is 0 Å². The number of aromatic nitrogens is 5. The van der Waals surface area contributed by atoms with Gasteiger partial charge in [-0.3, -0.25) is 18.8 Å². The summed E-state index contributed by atoms with van der Waals surface area (Å²) in [5.74, 6) is 0.794. The lowest BCUT2D eigenvalue weighted by atomic mass is 10.2. The molecule has 154 valence electrons. The van der Waals surface area contributed by atoms with Crippen molar-refractivity contribution < 1.29 is 0 Å². The third-order valence-corrected chi connectivity index (χ3v) is 6.65. The smallest absolute Gasteiger partial charge is 0.320 e. The molecule has 0 aliphatic carbocycles. The molecule has 0 unspecified atom stereocenters. The van der Waals surface area contributed by atoms with Gasteiger partial charge in [0.05, 0.1) is 12.2 Å². The van der Waals surface area contributed by atoms with E-state index in [-0.39, 0.29) is 11.2 Å². The molecule has 0 saturated heterocycles. The quantitative estimate of drug-likeness (QED) is 0.486. The van der Waals surface area contributed by atoms with E-state index < -0.39 is 0 Å². The molecule has 0 atom stereocenters. The van der Waals surface area contributed by atoms with Crippen molar-refractivity contribution in [2.45, 2.75) is 19.6 Å². The Labute approximate surface area is 180 Å². The Morgan fingerprint density at radius 3 is 2.60 bits per heavy atom. The number of imidazole rings is 1. The number of hydrogen-bond acceptors (Lipinski definition) is 6. The van der Waals surface area contributed by atoms with Crippen molar-refractivity contribution in [3.05, 3.63) is 67.0 Å². The van der Waals surface area contributed by atoms with Crippen molar-refractivity contribution in [3.63, 3.8) is 0 Å². The highest BCUT2D eigenvalue weighted by Crippen LogP contribution is 2.26. The maximum atomic E-state index is 12.6. The second-order valence-corrected chi connectivity index (χ2v) is 8.71. The monoisotopic (exact) mass is 442 g/mol. The van der Waals surface area contributed by atoms with Gasteiger partial charge in [0.2, 0.25) is 0 Å². The van der Waals surface area contributed by atoms with Gasteiger partial charge in [0.15, 0.2) is 11.2 Å². The van der Waals surface area contributed by atoms with Crippen LogP contribution in [0.2, 0.25) is 5.02 Å². The Morgan fingerprint density at radius 2 is 1.83 bits per heavy atom. The lowest BCUT2D eigenvalue weighted by Gasteiger charge is -2.26. The zero-order valence-electron chi connectivity index (χ0n) is 16.5. The van der Waals surface area contributed by atoms with E-state index in [0.29, 0.717) is 35.8 Å². The highest BCUT2D eigenvalue weighted by atomic mass is 35.5. The average molecular weight is 443 g/mol. The summed E-state index contributed by atoms with van der Waals surface area (Å²) in [4.78, 5) is 36.5. The van der Waals surface area contributed by atoms with Gasteiger partial charge >= 0.3 is 5.69 Å². The molecular weight excluding hydrogens is 424 g/mol. The van der Waals surface area contributed by atoms with Gasteiger partial charge in [-0.1, -0.05) is 23.7 Å². The van der Waals surface area contributed by atoms with Gasteiger partial charge in [0.1, 0.15) is 10.8 Å². The highest BCUT2D eigenvalue weighted by molar-refractivity contribution is 7.13. The summed E-state index contributed by atoms with van der Waals surface area (Å²) >= 11 is 7.58. The minimum Gasteiger partial charge on any atom is -0.320 e. The van der Waals surface area contributed by atoms with E-state index in [9.17, 15) is 9.59 Å². The van der Waals surface area contributed by atoms with E-state index >= 15 is 0 Å². The van der Waals surface area contributed by atoms with Crippen molar-refractivity contribution in [2.75, 3.05) is 6.54 Å². The van der Waals surface area contributed by atoms with Crippen molar-refractivity contribution >= 4 is 34.1 Å². The molecular formula is C20H19ClN6O2S. The van der Waals surface area contributed by atoms with Crippen LogP contribution in [0.25, 0.3) is 21.7 Å². The van der Waals surface area contributed by atoms with Gasteiger partial charge in [0.25, 0.3) is 5.56 Å². The fourth-order valence-electron chi connectivity index (χ4n) is 3.84. The number of halogens is 1. The van der Waals surface area contributed by atoms with E-state index in [2.05, 4.69) is 15.3 Å². The van der Waals surface area contributed by atoms with Crippen molar-refractivity contribution in [3.8, 4) is 10.6 Å².